The van der Waals surface area contributed by atoms with Crippen LogP contribution in [0.1, 0.15) is 27.7 Å². The summed E-state index contributed by atoms with van der Waals surface area (Å²) in [4.78, 5) is 0. The number of rotatable bonds is 6. The van der Waals surface area contributed by atoms with Gasteiger partial charge in [0, 0.05) is 20.5 Å². The zero-order chi connectivity index (χ0) is 15.6. The molecule has 0 spiro atoms. The number of benzene rings is 1. The average Bonchev–Trinajstić information content (AvgIpc) is 2.35. The number of ether oxygens (including phenoxy) is 4. The van der Waals surface area contributed by atoms with Crippen molar-refractivity contribution in [1.29, 1.82) is 0 Å². The Kier molecular flexibility index (Phi) is 6.42. The van der Waals surface area contributed by atoms with E-state index in [2.05, 4.69) is 0 Å². The minimum absolute atomic E-state index is 0. The maximum Gasteiger partial charge on any atom is 0.203 e. The minimum atomic E-state index is -1.01. The van der Waals surface area contributed by atoms with Crippen LogP contribution in [0, 0.1) is 0 Å². The molecule has 3 radical (unpaired) electrons. The standard InChI is InChI=1S/C15H24O5.B/c1-14(2,16)15(3,4)20-10-8-11(17-5)13(19-7)12(9-10)18-6;/h8-9,16H,1-7H3;. The topological polar surface area (TPSA) is 57.2 Å². The Bertz CT molecular complexity index is 441. The molecule has 0 aliphatic carbocycles. The molecule has 0 aromatic heterocycles. The number of aliphatic hydroxyl groups is 1. The van der Waals surface area contributed by atoms with Crippen LogP contribution >= 0.6 is 0 Å². The van der Waals surface area contributed by atoms with Gasteiger partial charge in [0.25, 0.3) is 0 Å². The van der Waals surface area contributed by atoms with Gasteiger partial charge in [0.15, 0.2) is 11.5 Å². The summed E-state index contributed by atoms with van der Waals surface area (Å²) in [7, 11) is 4.63. The van der Waals surface area contributed by atoms with E-state index in [4.69, 9.17) is 18.9 Å². The molecule has 1 aromatic rings. The fraction of sp³-hybridized carbons (Fsp3) is 0.600. The van der Waals surface area contributed by atoms with Gasteiger partial charge in [-0.2, -0.15) is 0 Å². The van der Waals surface area contributed by atoms with Gasteiger partial charge < -0.3 is 24.1 Å². The van der Waals surface area contributed by atoms with Gasteiger partial charge in [0.2, 0.25) is 5.75 Å². The second-order valence-corrected chi connectivity index (χ2v) is 5.53. The smallest absolute Gasteiger partial charge is 0.203 e. The minimum Gasteiger partial charge on any atom is -0.493 e. The Morgan fingerprint density at radius 1 is 0.857 bits per heavy atom. The summed E-state index contributed by atoms with van der Waals surface area (Å²) in [5.41, 5.74) is -1.79. The van der Waals surface area contributed by atoms with Gasteiger partial charge in [-0.3, -0.25) is 0 Å². The lowest BCUT2D eigenvalue weighted by molar-refractivity contribution is -0.0907. The zero-order valence-electron chi connectivity index (χ0n) is 13.8. The normalized spacial score (nSPS) is 11.4. The quantitative estimate of drug-likeness (QED) is 0.816. The Morgan fingerprint density at radius 2 is 1.29 bits per heavy atom. The van der Waals surface area contributed by atoms with Crippen LogP contribution in [0.25, 0.3) is 0 Å². The molecule has 0 saturated heterocycles. The SMILES string of the molecule is COc1cc(OC(C)(C)C(C)(C)O)cc(OC)c1OC.[B]. The van der Waals surface area contributed by atoms with Gasteiger partial charge >= 0.3 is 0 Å². The molecule has 0 bridgehead atoms. The van der Waals surface area contributed by atoms with Gasteiger partial charge in [-0.05, 0) is 27.7 Å². The summed E-state index contributed by atoms with van der Waals surface area (Å²) in [5.74, 6) is 2.05. The molecule has 0 atom stereocenters. The van der Waals surface area contributed by atoms with E-state index >= 15 is 0 Å². The van der Waals surface area contributed by atoms with Gasteiger partial charge in [-0.1, -0.05) is 0 Å². The molecule has 6 heteroatoms. The molecular formula is C15H24BO5. The van der Waals surface area contributed by atoms with Crippen LogP contribution < -0.4 is 18.9 Å². The van der Waals surface area contributed by atoms with Crippen molar-refractivity contribution in [2.24, 2.45) is 0 Å². The van der Waals surface area contributed by atoms with Crippen LogP contribution in [0.15, 0.2) is 12.1 Å². The van der Waals surface area contributed by atoms with Crippen LogP contribution in [0.5, 0.6) is 23.0 Å². The third-order valence-corrected chi connectivity index (χ3v) is 3.48. The second-order valence-electron chi connectivity index (χ2n) is 5.53. The largest absolute Gasteiger partial charge is 0.493 e. The monoisotopic (exact) mass is 295 g/mol. The third kappa shape index (κ3) is 4.20. The number of hydrogen-bond donors (Lipinski definition) is 1. The van der Waals surface area contributed by atoms with Crippen LogP contribution in [0.2, 0.25) is 0 Å². The summed E-state index contributed by atoms with van der Waals surface area (Å²) in [6.07, 6.45) is 0. The van der Waals surface area contributed by atoms with E-state index in [0.717, 1.165) is 0 Å². The fourth-order valence-electron chi connectivity index (χ4n) is 1.54. The van der Waals surface area contributed by atoms with Crippen molar-refractivity contribution in [3.63, 3.8) is 0 Å². The first-order valence-electron chi connectivity index (χ1n) is 6.37. The second kappa shape index (κ2) is 6.94. The summed E-state index contributed by atoms with van der Waals surface area (Å²) in [6.45, 7) is 7.03. The molecule has 117 valence electrons. The van der Waals surface area contributed by atoms with E-state index in [1.165, 1.54) is 0 Å². The fourth-order valence-corrected chi connectivity index (χ4v) is 1.54. The van der Waals surface area contributed by atoms with E-state index < -0.39 is 11.2 Å². The zero-order valence-corrected chi connectivity index (χ0v) is 13.8. The van der Waals surface area contributed by atoms with Crippen LogP contribution in [-0.2, 0) is 0 Å². The van der Waals surface area contributed by atoms with Crippen LogP contribution in [0.3, 0.4) is 0 Å². The van der Waals surface area contributed by atoms with Crippen LogP contribution in [-0.4, -0.2) is 46.1 Å². The van der Waals surface area contributed by atoms with E-state index in [-0.39, 0.29) is 8.41 Å². The summed E-state index contributed by atoms with van der Waals surface area (Å²) >= 11 is 0. The average molecular weight is 295 g/mol. The lowest BCUT2D eigenvalue weighted by Crippen LogP contribution is -2.49. The molecule has 1 aromatic carbocycles. The van der Waals surface area contributed by atoms with Gasteiger partial charge in [0.05, 0.1) is 26.9 Å². The van der Waals surface area contributed by atoms with Gasteiger partial charge in [0.1, 0.15) is 11.4 Å². The number of hydrogen-bond acceptors (Lipinski definition) is 5. The first-order chi connectivity index (χ1) is 9.16. The highest BCUT2D eigenvalue weighted by atomic mass is 16.5. The molecule has 0 unspecified atom stereocenters. The molecule has 0 aliphatic rings. The third-order valence-electron chi connectivity index (χ3n) is 3.48. The molecule has 21 heavy (non-hydrogen) atoms. The molecule has 0 aliphatic heterocycles. The Hall–Kier alpha value is -1.56. The lowest BCUT2D eigenvalue weighted by Gasteiger charge is -2.37. The summed E-state index contributed by atoms with van der Waals surface area (Å²) in [5, 5.41) is 10.1. The van der Waals surface area contributed by atoms with Gasteiger partial charge in [-0.15, -0.1) is 0 Å². The molecule has 5 nitrogen and oxygen atoms in total. The van der Waals surface area contributed by atoms with E-state index in [0.29, 0.717) is 23.0 Å². The Labute approximate surface area is 128 Å². The van der Waals surface area contributed by atoms with E-state index in [1.807, 2.05) is 13.8 Å². The van der Waals surface area contributed by atoms with E-state index in [9.17, 15) is 5.11 Å². The maximum atomic E-state index is 10.1. The lowest BCUT2D eigenvalue weighted by atomic mass is 9.89. The highest BCUT2D eigenvalue weighted by Gasteiger charge is 2.37. The van der Waals surface area contributed by atoms with Crippen molar-refractivity contribution in [2.75, 3.05) is 21.3 Å². The van der Waals surface area contributed by atoms with Crippen molar-refractivity contribution < 1.29 is 24.1 Å². The predicted octanol–water partition coefficient (Wildman–Crippen LogP) is 2.26. The maximum absolute atomic E-state index is 10.1. The Morgan fingerprint density at radius 3 is 1.57 bits per heavy atom. The van der Waals surface area contributed by atoms with Crippen molar-refractivity contribution in [3.05, 3.63) is 12.1 Å². The predicted molar refractivity (Wildman–Crippen MR) is 82.9 cm³/mol. The van der Waals surface area contributed by atoms with Crippen LogP contribution in [0.4, 0.5) is 0 Å². The van der Waals surface area contributed by atoms with Crippen molar-refractivity contribution in [3.8, 4) is 23.0 Å². The summed E-state index contributed by atoms with van der Waals surface area (Å²) in [6, 6.07) is 3.41. The van der Waals surface area contributed by atoms with E-state index in [1.54, 1.807) is 47.3 Å². The molecule has 1 rings (SSSR count). The highest BCUT2D eigenvalue weighted by molar-refractivity contribution is 5.75. The first kappa shape index (κ1) is 19.4. The van der Waals surface area contributed by atoms with Gasteiger partial charge in [-0.25, -0.2) is 0 Å². The molecule has 0 amide bonds. The first-order valence-corrected chi connectivity index (χ1v) is 6.37. The molecule has 0 fully saturated rings. The molecule has 1 N–H and O–H groups in total. The van der Waals surface area contributed by atoms with Crippen molar-refractivity contribution in [1.82, 2.24) is 0 Å². The Balaban J connectivity index is 0.00000400. The molecule has 0 saturated carbocycles. The summed E-state index contributed by atoms with van der Waals surface area (Å²) < 4.78 is 21.7. The number of methoxy groups -OCH3 is 3. The highest BCUT2D eigenvalue weighted by Crippen LogP contribution is 2.42. The molecular weight excluding hydrogens is 271 g/mol. The van der Waals surface area contributed by atoms with Crippen molar-refractivity contribution >= 4 is 8.41 Å². The molecule has 0 heterocycles. The van der Waals surface area contributed by atoms with Crippen molar-refractivity contribution in [2.45, 2.75) is 38.9 Å².